The SMILES string of the molecule is C/C=C(\C)C1C(/C=C/C=C(\C)C(O)C(C)CO)C2CC3O[C@]3(C)CC2C2O[C@@]21C. The molecular formula is C25H38O4. The highest BCUT2D eigenvalue weighted by Gasteiger charge is 2.72. The lowest BCUT2D eigenvalue weighted by Crippen LogP contribution is -2.48. The fourth-order valence-corrected chi connectivity index (χ4v) is 6.39. The van der Waals surface area contributed by atoms with Gasteiger partial charge in [-0.15, -0.1) is 0 Å². The Labute approximate surface area is 175 Å². The van der Waals surface area contributed by atoms with Gasteiger partial charge in [-0.2, -0.15) is 0 Å². The van der Waals surface area contributed by atoms with Crippen molar-refractivity contribution in [1.82, 2.24) is 0 Å². The number of hydrogen-bond donors (Lipinski definition) is 2. The number of allylic oxidation sites excluding steroid dienone is 4. The molecule has 4 aliphatic rings. The second-order valence-corrected chi connectivity index (χ2v) is 10.4. The minimum atomic E-state index is -0.610. The Kier molecular flexibility index (Phi) is 5.39. The zero-order valence-electron chi connectivity index (χ0n) is 18.8. The van der Waals surface area contributed by atoms with E-state index in [0.717, 1.165) is 18.4 Å². The summed E-state index contributed by atoms with van der Waals surface area (Å²) in [5, 5.41) is 19.6. The first-order valence-electron chi connectivity index (χ1n) is 11.3. The number of ether oxygens (including phenoxy) is 2. The third kappa shape index (κ3) is 3.46. The highest BCUT2D eigenvalue weighted by Crippen LogP contribution is 2.67. The van der Waals surface area contributed by atoms with Gasteiger partial charge < -0.3 is 19.7 Å². The van der Waals surface area contributed by atoms with Gasteiger partial charge in [-0.25, -0.2) is 0 Å². The smallest absolute Gasteiger partial charge is 0.0993 e. The lowest BCUT2D eigenvalue weighted by atomic mass is 9.55. The first-order chi connectivity index (χ1) is 13.7. The van der Waals surface area contributed by atoms with Gasteiger partial charge in [-0.1, -0.05) is 36.8 Å². The van der Waals surface area contributed by atoms with Gasteiger partial charge in [0.1, 0.15) is 0 Å². The van der Waals surface area contributed by atoms with Gasteiger partial charge in [-0.3, -0.25) is 0 Å². The van der Waals surface area contributed by atoms with Crippen LogP contribution >= 0.6 is 0 Å². The van der Waals surface area contributed by atoms with Crippen LogP contribution in [-0.2, 0) is 9.47 Å². The zero-order chi connectivity index (χ0) is 21.1. The van der Waals surface area contributed by atoms with Gasteiger partial charge in [-0.05, 0) is 70.8 Å². The molecule has 4 rings (SSSR count). The molecule has 0 amide bonds. The van der Waals surface area contributed by atoms with Crippen LogP contribution in [0.2, 0.25) is 0 Å². The summed E-state index contributed by atoms with van der Waals surface area (Å²) in [5.74, 6) is 1.77. The summed E-state index contributed by atoms with van der Waals surface area (Å²) in [6.07, 6.45) is 11.1. The molecule has 0 bridgehead atoms. The van der Waals surface area contributed by atoms with Crippen molar-refractivity contribution in [1.29, 1.82) is 0 Å². The van der Waals surface area contributed by atoms with E-state index in [-0.39, 0.29) is 23.7 Å². The maximum Gasteiger partial charge on any atom is 0.0993 e. The highest BCUT2D eigenvalue weighted by atomic mass is 16.6. The molecule has 29 heavy (non-hydrogen) atoms. The summed E-state index contributed by atoms with van der Waals surface area (Å²) >= 11 is 0. The van der Waals surface area contributed by atoms with Crippen molar-refractivity contribution in [3.8, 4) is 0 Å². The van der Waals surface area contributed by atoms with Gasteiger partial charge in [0.25, 0.3) is 0 Å². The molecule has 0 radical (unpaired) electrons. The number of hydrogen-bond acceptors (Lipinski definition) is 4. The fourth-order valence-electron chi connectivity index (χ4n) is 6.39. The van der Waals surface area contributed by atoms with Crippen molar-refractivity contribution in [2.24, 2.45) is 29.6 Å². The van der Waals surface area contributed by atoms with E-state index in [1.165, 1.54) is 5.57 Å². The van der Waals surface area contributed by atoms with Crippen LogP contribution in [0.3, 0.4) is 0 Å². The molecule has 4 fully saturated rings. The van der Waals surface area contributed by atoms with Gasteiger partial charge in [0.15, 0.2) is 0 Å². The summed E-state index contributed by atoms with van der Waals surface area (Å²) in [5.41, 5.74) is 2.30. The summed E-state index contributed by atoms with van der Waals surface area (Å²) in [6, 6.07) is 0. The molecule has 2 saturated heterocycles. The molecule has 2 N–H and O–H groups in total. The van der Waals surface area contributed by atoms with Crippen molar-refractivity contribution < 1.29 is 19.7 Å². The normalized spacial score (nSPS) is 48.6. The fraction of sp³-hybridized carbons (Fsp3) is 0.760. The molecule has 10 atom stereocenters. The molecule has 0 aromatic rings. The molecule has 2 heterocycles. The molecule has 8 unspecified atom stereocenters. The van der Waals surface area contributed by atoms with Gasteiger partial charge in [0.05, 0.1) is 29.5 Å². The minimum absolute atomic E-state index is 0.0117. The summed E-state index contributed by atoms with van der Waals surface area (Å²) in [4.78, 5) is 0. The van der Waals surface area contributed by atoms with E-state index in [1.807, 2.05) is 19.9 Å². The van der Waals surface area contributed by atoms with Crippen LogP contribution in [0.5, 0.6) is 0 Å². The van der Waals surface area contributed by atoms with Crippen LogP contribution in [0.4, 0.5) is 0 Å². The minimum Gasteiger partial charge on any atom is -0.396 e. The lowest BCUT2D eigenvalue weighted by molar-refractivity contribution is 0.0997. The molecule has 0 aromatic carbocycles. The molecule has 0 aromatic heterocycles. The molecule has 0 spiro atoms. The Balaban J connectivity index is 1.61. The largest absolute Gasteiger partial charge is 0.396 e. The van der Waals surface area contributed by atoms with E-state index in [0.29, 0.717) is 35.9 Å². The first-order valence-corrected chi connectivity index (χ1v) is 11.3. The van der Waals surface area contributed by atoms with E-state index in [2.05, 4.69) is 45.9 Å². The van der Waals surface area contributed by atoms with Gasteiger partial charge in [0.2, 0.25) is 0 Å². The van der Waals surface area contributed by atoms with Crippen LogP contribution in [0.25, 0.3) is 0 Å². The van der Waals surface area contributed by atoms with E-state index in [9.17, 15) is 10.2 Å². The number of epoxide rings is 2. The Bertz CT molecular complexity index is 739. The quantitative estimate of drug-likeness (QED) is 0.400. The molecule has 4 heteroatoms. The van der Waals surface area contributed by atoms with Crippen LogP contribution in [-0.4, -0.2) is 46.3 Å². The number of aliphatic hydroxyl groups is 2. The Morgan fingerprint density at radius 1 is 1.21 bits per heavy atom. The molecule has 2 saturated carbocycles. The summed E-state index contributed by atoms with van der Waals surface area (Å²) in [7, 11) is 0. The summed E-state index contributed by atoms with van der Waals surface area (Å²) < 4.78 is 12.5. The van der Waals surface area contributed by atoms with Gasteiger partial charge >= 0.3 is 0 Å². The van der Waals surface area contributed by atoms with E-state index >= 15 is 0 Å². The van der Waals surface area contributed by atoms with E-state index < -0.39 is 6.10 Å². The van der Waals surface area contributed by atoms with Crippen molar-refractivity contribution in [2.45, 2.75) is 83.9 Å². The standard InChI is InChI=1S/C25H38O4/c1-7-14(2)21-17(10-8-9-15(3)22(27)16(4)13-26)18-11-20-24(5,28-20)12-19(18)23-25(21,6)29-23/h7-10,16-23,26-27H,11-13H2,1-6H3/b10-8+,14-7+,15-9+/t16?,17?,18?,19?,20?,21?,22?,23?,24-,25-/m1/s1. The predicted molar refractivity (Wildman–Crippen MR) is 114 cm³/mol. The van der Waals surface area contributed by atoms with Crippen molar-refractivity contribution in [3.05, 3.63) is 35.5 Å². The Hall–Kier alpha value is -0.940. The highest BCUT2D eigenvalue weighted by molar-refractivity contribution is 5.30. The number of aliphatic hydroxyl groups excluding tert-OH is 2. The molecule has 2 aliphatic heterocycles. The summed E-state index contributed by atoms with van der Waals surface area (Å²) in [6.45, 7) is 12.7. The van der Waals surface area contributed by atoms with Crippen LogP contribution < -0.4 is 0 Å². The third-order valence-electron chi connectivity index (χ3n) is 8.42. The topological polar surface area (TPSA) is 65.5 Å². The Morgan fingerprint density at radius 3 is 2.59 bits per heavy atom. The predicted octanol–water partition coefficient (Wildman–Crippen LogP) is 4.03. The van der Waals surface area contributed by atoms with Crippen LogP contribution in [0.15, 0.2) is 35.5 Å². The third-order valence-corrected chi connectivity index (χ3v) is 8.42. The average Bonchev–Trinajstić information content (AvgIpc) is 3.57. The second-order valence-electron chi connectivity index (χ2n) is 10.4. The monoisotopic (exact) mass is 402 g/mol. The van der Waals surface area contributed by atoms with Crippen LogP contribution in [0, 0.1) is 29.6 Å². The molecule has 4 nitrogen and oxygen atoms in total. The Morgan fingerprint density at radius 2 is 1.93 bits per heavy atom. The maximum absolute atomic E-state index is 10.3. The number of fused-ring (bicyclic) bond motifs is 4. The molecular weight excluding hydrogens is 364 g/mol. The molecule has 2 aliphatic carbocycles. The van der Waals surface area contributed by atoms with Gasteiger partial charge in [0, 0.05) is 18.4 Å². The first kappa shape index (κ1) is 21.3. The van der Waals surface area contributed by atoms with Crippen molar-refractivity contribution in [2.75, 3.05) is 6.61 Å². The molecule has 162 valence electrons. The number of rotatable bonds is 6. The average molecular weight is 403 g/mol. The second kappa shape index (κ2) is 7.33. The van der Waals surface area contributed by atoms with E-state index in [4.69, 9.17) is 9.47 Å². The van der Waals surface area contributed by atoms with Crippen LogP contribution in [0.1, 0.15) is 54.4 Å². The lowest BCUT2D eigenvalue weighted by Gasteiger charge is -2.45. The zero-order valence-corrected chi connectivity index (χ0v) is 18.8. The van der Waals surface area contributed by atoms with Crippen molar-refractivity contribution >= 4 is 0 Å². The maximum atomic E-state index is 10.3. The van der Waals surface area contributed by atoms with E-state index in [1.54, 1.807) is 0 Å². The van der Waals surface area contributed by atoms with Crippen molar-refractivity contribution in [3.63, 3.8) is 0 Å².